The number of morpholine rings is 1. The number of carbonyl (C=O) groups is 1. The zero-order chi connectivity index (χ0) is 33.1. The van der Waals surface area contributed by atoms with E-state index in [2.05, 4.69) is 39.5 Å². The van der Waals surface area contributed by atoms with E-state index in [0.29, 0.717) is 47.2 Å². The second kappa shape index (κ2) is 11.1. The molecule has 8 heteroatoms. The van der Waals surface area contributed by atoms with Crippen LogP contribution in [0.2, 0.25) is 0 Å². The van der Waals surface area contributed by atoms with E-state index in [9.17, 15) is 15.0 Å². The molecule has 2 N–H and O–H groups in total. The van der Waals surface area contributed by atoms with Crippen LogP contribution in [-0.4, -0.2) is 89.2 Å². The summed E-state index contributed by atoms with van der Waals surface area (Å²) in [6.45, 7) is 19.0. The maximum absolute atomic E-state index is 12.0. The Hall–Kier alpha value is -0.770. The highest BCUT2D eigenvalue weighted by molar-refractivity contribution is 5.66. The van der Waals surface area contributed by atoms with Crippen LogP contribution in [0.15, 0.2) is 0 Å². The SMILES string of the molecule is CC(=O)O[C@@H](C1CCC2C(CC3C4CCC5C(C)(C)[C@@H](OC6CN(C(C)(C)CO)CCO6)CC[C@@]56CC46CCC23C)O1)C(C)(C)O.[HH]. The maximum atomic E-state index is 12.0. The molecule has 7 fully saturated rings. The first-order valence-electron chi connectivity index (χ1n) is 18.7. The average Bonchev–Trinajstić information content (AvgIpc) is 3.56. The lowest BCUT2D eigenvalue weighted by atomic mass is 9.46. The van der Waals surface area contributed by atoms with Crippen LogP contribution in [0.25, 0.3) is 0 Å². The molecule has 0 amide bonds. The lowest BCUT2D eigenvalue weighted by Gasteiger charge is -2.60. The number of rotatable bonds is 7. The molecular formula is C38H65NO7. The summed E-state index contributed by atoms with van der Waals surface area (Å²) < 4.78 is 25.6. The van der Waals surface area contributed by atoms with Gasteiger partial charge in [0.25, 0.3) is 0 Å². The normalized spacial score (nSPS) is 47.4. The Kier molecular flexibility index (Phi) is 8.15. The Labute approximate surface area is 279 Å². The van der Waals surface area contributed by atoms with Crippen molar-refractivity contribution in [3.63, 3.8) is 0 Å². The number of hydrogen-bond donors (Lipinski definition) is 2. The van der Waals surface area contributed by atoms with Crippen molar-refractivity contribution in [3.8, 4) is 0 Å². The molecule has 2 aliphatic heterocycles. The Bertz CT molecular complexity index is 1190. The fraction of sp³-hybridized carbons (Fsp3) is 0.974. The summed E-state index contributed by atoms with van der Waals surface area (Å²) in [5.41, 5.74) is -0.113. The summed E-state index contributed by atoms with van der Waals surface area (Å²) in [4.78, 5) is 14.3. The van der Waals surface area contributed by atoms with Crippen molar-refractivity contribution in [1.29, 1.82) is 0 Å². The predicted octanol–water partition coefficient (Wildman–Crippen LogP) is 5.96. The number of nitrogens with zero attached hydrogens (tertiary/aromatic N) is 1. The number of carbonyl (C=O) groups excluding carboxylic acids is 1. The topological polar surface area (TPSA) is 97.7 Å². The van der Waals surface area contributed by atoms with Crippen LogP contribution in [0.3, 0.4) is 0 Å². The van der Waals surface area contributed by atoms with Gasteiger partial charge in [-0.05, 0) is 137 Å². The van der Waals surface area contributed by atoms with Crippen LogP contribution in [-0.2, 0) is 23.7 Å². The van der Waals surface area contributed by atoms with Gasteiger partial charge in [-0.2, -0.15) is 0 Å². The van der Waals surface area contributed by atoms with Crippen molar-refractivity contribution in [2.24, 2.45) is 45.3 Å². The lowest BCUT2D eigenvalue weighted by molar-refractivity contribution is -0.251. The lowest BCUT2D eigenvalue weighted by Crippen LogP contribution is -2.58. The molecule has 7 rings (SSSR count). The van der Waals surface area contributed by atoms with Crippen LogP contribution in [0.4, 0.5) is 0 Å². The second-order valence-corrected chi connectivity index (χ2v) is 18.9. The molecule has 0 bridgehead atoms. The first kappa shape index (κ1) is 33.7. The molecule has 12 atom stereocenters. The van der Waals surface area contributed by atoms with Crippen LogP contribution in [0.5, 0.6) is 0 Å². The molecule has 0 radical (unpaired) electrons. The van der Waals surface area contributed by atoms with Gasteiger partial charge >= 0.3 is 5.97 Å². The Morgan fingerprint density at radius 3 is 2.43 bits per heavy atom. The van der Waals surface area contributed by atoms with Crippen molar-refractivity contribution < 1.29 is 35.4 Å². The van der Waals surface area contributed by atoms with Gasteiger partial charge in [0.05, 0.1) is 43.7 Å². The summed E-state index contributed by atoms with van der Waals surface area (Å²) >= 11 is 0. The quantitative estimate of drug-likeness (QED) is 0.327. The van der Waals surface area contributed by atoms with Crippen LogP contribution in [0, 0.1) is 45.3 Å². The minimum absolute atomic E-state index is 0. The van der Waals surface area contributed by atoms with Crippen molar-refractivity contribution in [2.45, 2.75) is 161 Å². The van der Waals surface area contributed by atoms with Gasteiger partial charge in [0.2, 0.25) is 0 Å². The van der Waals surface area contributed by atoms with E-state index >= 15 is 0 Å². The molecule has 8 nitrogen and oxygen atoms in total. The molecule has 9 unspecified atom stereocenters. The molecule has 7 aliphatic rings. The third-order valence-electron chi connectivity index (χ3n) is 15.5. The van der Waals surface area contributed by atoms with Gasteiger partial charge < -0.3 is 29.2 Å². The minimum atomic E-state index is -1.14. The van der Waals surface area contributed by atoms with E-state index in [1.54, 1.807) is 13.8 Å². The fourth-order valence-electron chi connectivity index (χ4n) is 13.1. The van der Waals surface area contributed by atoms with Gasteiger partial charge in [0.15, 0.2) is 12.4 Å². The van der Waals surface area contributed by atoms with Gasteiger partial charge in [0.1, 0.15) is 0 Å². The maximum Gasteiger partial charge on any atom is 0.303 e. The number of aliphatic hydroxyl groups excluding tert-OH is 1. The monoisotopic (exact) mass is 647 g/mol. The van der Waals surface area contributed by atoms with E-state index < -0.39 is 11.7 Å². The van der Waals surface area contributed by atoms with Gasteiger partial charge in [-0.15, -0.1) is 0 Å². The first-order chi connectivity index (χ1) is 21.5. The fourth-order valence-corrected chi connectivity index (χ4v) is 13.1. The molecule has 0 aromatic heterocycles. The number of fused-ring (bicyclic) bond motifs is 4. The Morgan fingerprint density at radius 2 is 1.74 bits per heavy atom. The van der Waals surface area contributed by atoms with Crippen LogP contribution in [0.1, 0.15) is 121 Å². The van der Waals surface area contributed by atoms with Crippen molar-refractivity contribution in [2.75, 3.05) is 26.3 Å². The zero-order valence-corrected chi connectivity index (χ0v) is 30.0. The van der Waals surface area contributed by atoms with Gasteiger partial charge in [-0.25, -0.2) is 0 Å². The van der Waals surface area contributed by atoms with E-state index in [1.165, 1.54) is 45.4 Å². The Morgan fingerprint density at radius 1 is 1.00 bits per heavy atom. The first-order valence-corrected chi connectivity index (χ1v) is 18.7. The van der Waals surface area contributed by atoms with Crippen molar-refractivity contribution >= 4 is 5.97 Å². The highest BCUT2D eigenvalue weighted by Crippen LogP contribution is 2.87. The van der Waals surface area contributed by atoms with Crippen molar-refractivity contribution in [1.82, 2.24) is 4.90 Å². The van der Waals surface area contributed by atoms with Gasteiger partial charge in [0, 0.05) is 20.4 Å². The molecule has 46 heavy (non-hydrogen) atoms. The summed E-state index contributed by atoms with van der Waals surface area (Å²) in [5.74, 6) is 2.30. The van der Waals surface area contributed by atoms with Crippen molar-refractivity contribution in [3.05, 3.63) is 0 Å². The Balaban J connectivity index is 0.00000386. The molecular weight excluding hydrogens is 582 g/mol. The standard InChI is InChI=1S/C38H63NO7.H2/c1-23(41)44-32(35(6,7)42)27-11-9-25-28(45-27)19-26-24-10-12-29-34(4,5)30(46-31-20-39(17-18-43-31)33(2,3)22-40)13-14-38(29)21-37(24,38)16-15-36(25,26)8;/h24-32,40,42H,9-22H2,1-8H3;1H/t24?,25?,26?,27?,28?,29?,30-,31?,32-,36?,37?,38+;/m0./s1. The third-order valence-corrected chi connectivity index (χ3v) is 15.5. The van der Waals surface area contributed by atoms with E-state index in [0.717, 1.165) is 38.1 Å². The molecule has 5 aliphatic carbocycles. The molecule has 5 saturated carbocycles. The van der Waals surface area contributed by atoms with Crippen LogP contribution < -0.4 is 0 Å². The minimum Gasteiger partial charge on any atom is -0.457 e. The van der Waals surface area contributed by atoms with Gasteiger partial charge in [-0.3, -0.25) is 9.69 Å². The number of ether oxygens (including phenoxy) is 4. The summed E-state index contributed by atoms with van der Waals surface area (Å²) in [6.07, 6.45) is 11.3. The number of hydrogen-bond acceptors (Lipinski definition) is 8. The molecule has 2 heterocycles. The van der Waals surface area contributed by atoms with E-state index in [-0.39, 0.29) is 49.6 Å². The molecule has 0 aromatic rings. The second-order valence-electron chi connectivity index (χ2n) is 18.9. The zero-order valence-electron chi connectivity index (χ0n) is 30.0. The highest BCUT2D eigenvalue weighted by Gasteiger charge is 2.80. The molecule has 2 spiro atoms. The summed E-state index contributed by atoms with van der Waals surface area (Å²) in [5, 5.41) is 20.9. The molecule has 0 aromatic carbocycles. The number of aliphatic hydroxyl groups is 2. The van der Waals surface area contributed by atoms with E-state index in [1.807, 2.05) is 0 Å². The predicted molar refractivity (Wildman–Crippen MR) is 177 cm³/mol. The van der Waals surface area contributed by atoms with Crippen LogP contribution >= 0.6 is 0 Å². The smallest absolute Gasteiger partial charge is 0.303 e. The van der Waals surface area contributed by atoms with E-state index in [4.69, 9.17) is 18.9 Å². The molecule has 2 saturated heterocycles. The summed E-state index contributed by atoms with van der Waals surface area (Å²) in [7, 11) is 0. The third kappa shape index (κ3) is 5.00. The summed E-state index contributed by atoms with van der Waals surface area (Å²) in [6, 6.07) is 0. The highest BCUT2D eigenvalue weighted by atomic mass is 16.7. The molecule has 264 valence electrons. The largest absolute Gasteiger partial charge is 0.457 e. The number of esters is 1. The van der Waals surface area contributed by atoms with Gasteiger partial charge in [-0.1, -0.05) is 20.8 Å². The average molecular weight is 648 g/mol.